The monoisotopic (exact) mass is 438 g/mol. The van der Waals surface area contributed by atoms with E-state index in [1.54, 1.807) is 0 Å². The van der Waals surface area contributed by atoms with Crippen LogP contribution in [0.2, 0.25) is 0 Å². The summed E-state index contributed by atoms with van der Waals surface area (Å²) in [5.74, 6) is 1.48. The normalized spacial score (nSPS) is 12.4. The lowest BCUT2D eigenvalue weighted by Gasteiger charge is -2.16. The third kappa shape index (κ3) is 24.0. The molecule has 0 aromatic rings. The van der Waals surface area contributed by atoms with Gasteiger partial charge >= 0.3 is 5.97 Å². The molecule has 31 heavy (non-hydrogen) atoms. The van der Waals surface area contributed by atoms with Crippen LogP contribution in [0.1, 0.15) is 163 Å². The molecule has 0 fully saturated rings. The Hall–Kier alpha value is -0.530. The van der Waals surface area contributed by atoms with Crippen molar-refractivity contribution < 1.29 is 9.53 Å². The van der Waals surface area contributed by atoms with Crippen molar-refractivity contribution in [3.63, 3.8) is 0 Å². The maximum Gasteiger partial charge on any atom is 0.305 e. The van der Waals surface area contributed by atoms with Crippen molar-refractivity contribution in [1.82, 2.24) is 0 Å². The molecule has 0 amide bonds. The first-order chi connectivity index (χ1) is 15.1. The highest BCUT2D eigenvalue weighted by Gasteiger charge is 2.11. The molecule has 1 atom stereocenters. The first-order valence-electron chi connectivity index (χ1n) is 14.3. The summed E-state index contributed by atoms with van der Waals surface area (Å²) >= 11 is 0. The molecule has 0 rings (SSSR count). The summed E-state index contributed by atoms with van der Waals surface area (Å²) in [5, 5.41) is 0. The van der Waals surface area contributed by atoms with E-state index in [4.69, 9.17) is 4.74 Å². The molecule has 1 unspecified atom stereocenters. The fraction of sp³-hybridized carbons (Fsp3) is 0.966. The zero-order chi connectivity index (χ0) is 23.0. The van der Waals surface area contributed by atoms with E-state index in [-0.39, 0.29) is 5.97 Å². The molecule has 0 aliphatic heterocycles. The van der Waals surface area contributed by atoms with E-state index in [2.05, 4.69) is 27.7 Å². The second-order valence-corrected chi connectivity index (χ2v) is 10.4. The van der Waals surface area contributed by atoms with Crippen molar-refractivity contribution in [2.24, 2.45) is 11.8 Å². The molecule has 0 N–H and O–H groups in total. The van der Waals surface area contributed by atoms with Crippen LogP contribution in [0.5, 0.6) is 0 Å². The Labute approximate surface area is 196 Å². The minimum absolute atomic E-state index is 0.0285. The molecule has 0 aromatic heterocycles. The largest absolute Gasteiger partial charge is 0.465 e. The first-order valence-corrected chi connectivity index (χ1v) is 14.3. The number of carbonyl (C=O) groups excluding carboxylic acids is 1. The Morgan fingerprint density at radius 3 is 1.55 bits per heavy atom. The molecule has 0 aliphatic rings. The van der Waals surface area contributed by atoms with E-state index in [1.165, 1.54) is 122 Å². The van der Waals surface area contributed by atoms with Gasteiger partial charge in [0.05, 0.1) is 6.61 Å². The van der Waals surface area contributed by atoms with Gasteiger partial charge in [-0.1, -0.05) is 137 Å². The Balaban J connectivity index is 3.37. The van der Waals surface area contributed by atoms with Gasteiger partial charge in [-0.3, -0.25) is 4.79 Å². The molecule has 0 spiro atoms. The Bertz CT molecular complexity index is 364. The van der Waals surface area contributed by atoms with Crippen LogP contribution in [0.25, 0.3) is 0 Å². The summed E-state index contributed by atoms with van der Waals surface area (Å²) < 4.78 is 5.57. The van der Waals surface area contributed by atoms with E-state index >= 15 is 0 Å². The second kappa shape index (κ2) is 24.1. The molecule has 2 heteroatoms. The van der Waals surface area contributed by atoms with Crippen LogP contribution in [0.15, 0.2) is 0 Å². The lowest BCUT2D eigenvalue weighted by atomic mass is 9.97. The minimum Gasteiger partial charge on any atom is -0.465 e. The van der Waals surface area contributed by atoms with Crippen molar-refractivity contribution in [2.75, 3.05) is 6.61 Å². The molecule has 0 radical (unpaired) electrons. The standard InChI is InChI=1S/C29H58O2/c1-5-7-19-24-28(22-6-2)26-31-29(30)25-21-18-16-14-12-10-8-9-11-13-15-17-20-23-27(3)4/h27-28H,5-26H2,1-4H3. The third-order valence-corrected chi connectivity index (χ3v) is 6.56. The average molecular weight is 439 g/mol. The fourth-order valence-corrected chi connectivity index (χ4v) is 4.45. The van der Waals surface area contributed by atoms with Crippen molar-refractivity contribution in [3.05, 3.63) is 0 Å². The number of rotatable bonds is 24. The fourth-order valence-electron chi connectivity index (χ4n) is 4.45. The van der Waals surface area contributed by atoms with Crippen LogP contribution < -0.4 is 0 Å². The maximum absolute atomic E-state index is 12.0. The lowest BCUT2D eigenvalue weighted by molar-refractivity contribution is -0.145. The summed E-state index contributed by atoms with van der Waals surface area (Å²) in [7, 11) is 0. The lowest BCUT2D eigenvalue weighted by Crippen LogP contribution is -2.14. The molecule has 2 nitrogen and oxygen atoms in total. The smallest absolute Gasteiger partial charge is 0.305 e. The third-order valence-electron chi connectivity index (χ3n) is 6.56. The van der Waals surface area contributed by atoms with Crippen LogP contribution in [0.3, 0.4) is 0 Å². The summed E-state index contributed by atoms with van der Waals surface area (Å²) in [6.07, 6.45) is 27.0. The van der Waals surface area contributed by atoms with Gasteiger partial charge in [0.15, 0.2) is 0 Å². The highest BCUT2D eigenvalue weighted by atomic mass is 16.5. The van der Waals surface area contributed by atoms with Crippen LogP contribution in [-0.2, 0) is 9.53 Å². The van der Waals surface area contributed by atoms with Gasteiger partial charge in [-0.2, -0.15) is 0 Å². The first kappa shape index (κ1) is 30.5. The van der Waals surface area contributed by atoms with Crippen molar-refractivity contribution in [2.45, 2.75) is 163 Å². The number of unbranched alkanes of at least 4 members (excludes halogenated alkanes) is 14. The van der Waals surface area contributed by atoms with Gasteiger partial charge in [-0.05, 0) is 31.1 Å². The minimum atomic E-state index is 0.0285. The van der Waals surface area contributed by atoms with Crippen LogP contribution >= 0.6 is 0 Å². The number of hydrogen-bond acceptors (Lipinski definition) is 2. The van der Waals surface area contributed by atoms with E-state index < -0.39 is 0 Å². The molecule has 0 bridgehead atoms. The molecular weight excluding hydrogens is 380 g/mol. The zero-order valence-corrected chi connectivity index (χ0v) is 22.0. The van der Waals surface area contributed by atoms with Crippen molar-refractivity contribution in [1.29, 1.82) is 0 Å². The topological polar surface area (TPSA) is 26.3 Å². The summed E-state index contributed by atoms with van der Waals surface area (Å²) in [5.41, 5.74) is 0. The molecule has 186 valence electrons. The van der Waals surface area contributed by atoms with Crippen molar-refractivity contribution in [3.8, 4) is 0 Å². The predicted molar refractivity (Wildman–Crippen MR) is 138 cm³/mol. The number of esters is 1. The summed E-state index contributed by atoms with van der Waals surface area (Å²) in [4.78, 5) is 12.0. The van der Waals surface area contributed by atoms with Crippen LogP contribution in [0.4, 0.5) is 0 Å². The quantitative estimate of drug-likeness (QED) is 0.111. The Kier molecular flexibility index (Phi) is 23.7. The van der Waals surface area contributed by atoms with E-state index in [9.17, 15) is 4.79 Å². The maximum atomic E-state index is 12.0. The number of carbonyl (C=O) groups is 1. The summed E-state index contributed by atoms with van der Waals surface area (Å²) in [6, 6.07) is 0. The Morgan fingerprint density at radius 2 is 1.06 bits per heavy atom. The second-order valence-electron chi connectivity index (χ2n) is 10.4. The van der Waals surface area contributed by atoms with Crippen LogP contribution in [-0.4, -0.2) is 12.6 Å². The highest BCUT2D eigenvalue weighted by Crippen LogP contribution is 2.17. The molecule has 0 heterocycles. The number of ether oxygens (including phenoxy) is 1. The molecule has 0 saturated heterocycles. The van der Waals surface area contributed by atoms with Crippen molar-refractivity contribution >= 4 is 5.97 Å². The van der Waals surface area contributed by atoms with Crippen LogP contribution in [0, 0.1) is 11.8 Å². The van der Waals surface area contributed by atoms with Gasteiger partial charge in [0.25, 0.3) is 0 Å². The number of hydrogen-bond donors (Lipinski definition) is 0. The molecule has 0 aliphatic carbocycles. The van der Waals surface area contributed by atoms with E-state index in [0.29, 0.717) is 18.9 Å². The van der Waals surface area contributed by atoms with Gasteiger partial charge < -0.3 is 4.74 Å². The van der Waals surface area contributed by atoms with Gasteiger partial charge in [0.2, 0.25) is 0 Å². The molecular formula is C29H58O2. The van der Waals surface area contributed by atoms with E-state index in [0.717, 1.165) is 12.3 Å². The Morgan fingerprint density at radius 1 is 0.581 bits per heavy atom. The van der Waals surface area contributed by atoms with Gasteiger partial charge in [0, 0.05) is 6.42 Å². The predicted octanol–water partition coefficient (Wildman–Crippen LogP) is 10.0. The zero-order valence-electron chi connectivity index (χ0n) is 22.0. The van der Waals surface area contributed by atoms with Gasteiger partial charge in [-0.15, -0.1) is 0 Å². The highest BCUT2D eigenvalue weighted by molar-refractivity contribution is 5.69. The van der Waals surface area contributed by atoms with Gasteiger partial charge in [0.1, 0.15) is 0 Å². The average Bonchev–Trinajstić information content (AvgIpc) is 2.74. The van der Waals surface area contributed by atoms with Gasteiger partial charge in [-0.25, -0.2) is 0 Å². The summed E-state index contributed by atoms with van der Waals surface area (Å²) in [6.45, 7) is 9.77. The SMILES string of the molecule is CCCCCC(CCC)COC(=O)CCCCCCCCCCCCCCCC(C)C. The molecule has 0 saturated carbocycles. The molecule has 0 aromatic carbocycles. The van der Waals surface area contributed by atoms with E-state index in [1.807, 2.05) is 0 Å².